The molecular weight excluding hydrogens is 621 g/mol. The Kier molecular flexibility index (Phi) is 7.13. The molecule has 6 atom stereocenters. The fraction of sp³-hybridized carbons (Fsp3) is 0.351. The molecule has 8 nitrogen and oxygen atoms in total. The minimum absolute atomic E-state index is 0.0106. The second kappa shape index (κ2) is 10.8. The Hall–Kier alpha value is -4.50. The number of nitrogens with one attached hydrogen (secondary N) is 1. The Bertz CT molecular complexity index is 1870. The lowest BCUT2D eigenvalue weighted by Crippen LogP contribution is -2.53. The van der Waals surface area contributed by atoms with E-state index in [0.717, 1.165) is 10.6 Å². The van der Waals surface area contributed by atoms with Gasteiger partial charge in [-0.15, -0.1) is 0 Å². The zero-order chi connectivity index (χ0) is 33.6. The van der Waals surface area contributed by atoms with Gasteiger partial charge in [0, 0.05) is 22.0 Å². The van der Waals surface area contributed by atoms with Crippen molar-refractivity contribution in [2.45, 2.75) is 57.4 Å². The van der Waals surface area contributed by atoms with Crippen molar-refractivity contribution in [3.63, 3.8) is 0 Å². The number of hydrogen-bond acceptors (Lipinski definition) is 6. The molecule has 7 rings (SSSR count). The molecule has 2 saturated heterocycles. The lowest BCUT2D eigenvalue weighted by atomic mass is 9.49. The van der Waals surface area contributed by atoms with E-state index in [-0.39, 0.29) is 30.4 Å². The maximum absolute atomic E-state index is 15.1. The molecule has 0 unspecified atom stereocenters. The Labute approximate surface area is 277 Å². The summed E-state index contributed by atoms with van der Waals surface area (Å²) in [5.41, 5.74) is 3.30. The number of para-hydroxylation sites is 1. The quantitative estimate of drug-likeness (QED) is 0.253. The Balaban J connectivity index is 1.47. The number of fused-ring (bicyclic) bond motifs is 4. The number of imide groups is 2. The van der Waals surface area contributed by atoms with E-state index in [1.807, 2.05) is 26.8 Å². The number of hydrazine groups is 1. The number of carbonyl (C=O) groups excluding carboxylic acids is 4. The fourth-order valence-corrected chi connectivity index (χ4v) is 8.70. The first-order chi connectivity index (χ1) is 22.3. The van der Waals surface area contributed by atoms with Crippen LogP contribution in [0.25, 0.3) is 0 Å². The third kappa shape index (κ3) is 4.46. The van der Waals surface area contributed by atoms with Crippen LogP contribution < -0.4 is 5.43 Å². The number of phenolic OH excluding ortho intramolecular Hbond substituents is 1. The summed E-state index contributed by atoms with van der Waals surface area (Å²) in [6.07, 6.45) is 2.37. The third-order valence-corrected chi connectivity index (χ3v) is 10.8. The lowest BCUT2D eigenvalue weighted by molar-refractivity contribution is -0.146. The SMILES string of the molecule is Cc1cccc([C@H]2C3=CC[C@@H]4C(=O)N(C(C)(C)C)C(=O)[C@@H]4[C@@H]3C[C@H]3C(=O)N(Nc4ccc(F)cc4)C(=O)[C@@]23c2ccc(Cl)cc2)c1O. The lowest BCUT2D eigenvalue weighted by Gasteiger charge is -2.50. The molecule has 0 aromatic heterocycles. The molecule has 0 spiro atoms. The molecule has 3 fully saturated rings. The Morgan fingerprint density at radius 1 is 0.915 bits per heavy atom. The summed E-state index contributed by atoms with van der Waals surface area (Å²) in [5.74, 6) is -5.77. The number of aryl methyl sites for hydroxylation is 1. The highest BCUT2D eigenvalue weighted by Gasteiger charge is 2.71. The van der Waals surface area contributed by atoms with Crippen molar-refractivity contribution >= 4 is 40.9 Å². The summed E-state index contributed by atoms with van der Waals surface area (Å²) in [6.45, 7) is 7.24. The summed E-state index contributed by atoms with van der Waals surface area (Å²) in [4.78, 5) is 59.0. The number of carbonyl (C=O) groups is 4. The standard InChI is InChI=1S/C37H35ClFN3O5/c1-19-6-5-7-26(31(19)43)30-24-16-17-25-29(34(46)41(32(25)44)36(2,3)4)27(24)18-28-33(45)42(40-23-14-12-22(39)13-15-23)35(47)37(28,30)20-8-10-21(38)11-9-20/h5-16,25,27-30,40,43H,17-18H2,1-4H3/t25-,27+,28-,29-,30+,37+/m0/s1. The molecule has 2 N–H and O–H groups in total. The van der Waals surface area contributed by atoms with Crippen LogP contribution in [-0.2, 0) is 24.6 Å². The first kappa shape index (κ1) is 31.1. The molecule has 2 heterocycles. The summed E-state index contributed by atoms with van der Waals surface area (Å²) in [6, 6.07) is 17.5. The van der Waals surface area contributed by atoms with E-state index in [1.165, 1.54) is 29.2 Å². The molecule has 1 saturated carbocycles. The van der Waals surface area contributed by atoms with Gasteiger partial charge in [-0.2, -0.15) is 5.01 Å². The van der Waals surface area contributed by atoms with Crippen LogP contribution >= 0.6 is 11.6 Å². The van der Waals surface area contributed by atoms with Crippen LogP contribution in [0.2, 0.25) is 5.02 Å². The highest BCUT2D eigenvalue weighted by Crippen LogP contribution is 2.65. The van der Waals surface area contributed by atoms with Gasteiger partial charge in [-0.25, -0.2) is 4.39 Å². The zero-order valence-corrected chi connectivity index (χ0v) is 27.2. The Morgan fingerprint density at radius 3 is 2.26 bits per heavy atom. The van der Waals surface area contributed by atoms with Gasteiger partial charge in [-0.3, -0.25) is 29.5 Å². The monoisotopic (exact) mass is 655 g/mol. The molecule has 3 aromatic carbocycles. The van der Waals surface area contributed by atoms with Crippen LogP contribution in [0.3, 0.4) is 0 Å². The molecular formula is C37H35ClFN3O5. The second-order valence-electron chi connectivity index (χ2n) is 14.1. The van der Waals surface area contributed by atoms with Crippen molar-refractivity contribution in [2.75, 3.05) is 5.43 Å². The molecule has 3 aromatic rings. The second-order valence-corrected chi connectivity index (χ2v) is 14.5. The van der Waals surface area contributed by atoms with E-state index in [9.17, 15) is 23.9 Å². The summed E-state index contributed by atoms with van der Waals surface area (Å²) >= 11 is 6.33. The van der Waals surface area contributed by atoms with Crippen molar-refractivity contribution in [3.05, 3.63) is 106 Å². The average molecular weight is 656 g/mol. The normalized spacial score (nSPS) is 28.6. The van der Waals surface area contributed by atoms with E-state index in [4.69, 9.17) is 11.6 Å². The topological polar surface area (TPSA) is 107 Å². The number of aromatic hydroxyl groups is 1. The van der Waals surface area contributed by atoms with E-state index < -0.39 is 58.2 Å². The van der Waals surface area contributed by atoms with E-state index in [0.29, 0.717) is 27.4 Å². The highest BCUT2D eigenvalue weighted by molar-refractivity contribution is 6.30. The van der Waals surface area contributed by atoms with Gasteiger partial charge in [-0.1, -0.05) is 53.6 Å². The van der Waals surface area contributed by atoms with Crippen molar-refractivity contribution in [1.29, 1.82) is 0 Å². The average Bonchev–Trinajstić information content (AvgIpc) is 3.41. The van der Waals surface area contributed by atoms with Gasteiger partial charge in [0.2, 0.25) is 11.8 Å². The number of likely N-dealkylation sites (tertiary alicyclic amines) is 1. The number of benzene rings is 3. The number of halogens is 2. The first-order valence-electron chi connectivity index (χ1n) is 15.8. The van der Waals surface area contributed by atoms with Crippen LogP contribution in [0.1, 0.15) is 56.2 Å². The molecule has 47 heavy (non-hydrogen) atoms. The maximum atomic E-state index is 15.1. The number of amides is 4. The van der Waals surface area contributed by atoms with Crippen LogP contribution in [0.15, 0.2) is 78.4 Å². The smallest absolute Gasteiger partial charge is 0.260 e. The number of nitrogens with zero attached hydrogens (tertiary/aromatic N) is 2. The van der Waals surface area contributed by atoms with E-state index in [1.54, 1.807) is 49.4 Å². The zero-order valence-electron chi connectivity index (χ0n) is 26.5. The highest BCUT2D eigenvalue weighted by atomic mass is 35.5. The number of rotatable bonds is 4. The molecule has 4 amide bonds. The first-order valence-corrected chi connectivity index (χ1v) is 16.2. The molecule has 10 heteroatoms. The number of anilines is 1. The molecule has 242 valence electrons. The predicted octanol–water partition coefficient (Wildman–Crippen LogP) is 6.28. The molecule has 0 radical (unpaired) electrons. The van der Waals surface area contributed by atoms with Crippen LogP contribution in [0.4, 0.5) is 10.1 Å². The fourth-order valence-electron chi connectivity index (χ4n) is 8.58. The number of allylic oxidation sites excluding steroid dienone is 2. The van der Waals surface area contributed by atoms with Gasteiger partial charge in [0.25, 0.3) is 11.8 Å². The van der Waals surface area contributed by atoms with E-state index >= 15 is 4.79 Å². The van der Waals surface area contributed by atoms with Crippen molar-refractivity contribution in [1.82, 2.24) is 9.91 Å². The summed E-state index contributed by atoms with van der Waals surface area (Å²) in [7, 11) is 0. The van der Waals surface area contributed by atoms with Gasteiger partial charge in [0.1, 0.15) is 11.6 Å². The van der Waals surface area contributed by atoms with Crippen molar-refractivity contribution in [2.24, 2.45) is 23.7 Å². The van der Waals surface area contributed by atoms with E-state index in [2.05, 4.69) is 5.43 Å². The van der Waals surface area contributed by atoms with Gasteiger partial charge < -0.3 is 5.11 Å². The molecule has 2 aliphatic heterocycles. The largest absolute Gasteiger partial charge is 0.507 e. The van der Waals surface area contributed by atoms with Crippen LogP contribution in [0, 0.1) is 36.4 Å². The van der Waals surface area contributed by atoms with Crippen LogP contribution in [0.5, 0.6) is 5.75 Å². The van der Waals surface area contributed by atoms with Crippen molar-refractivity contribution in [3.8, 4) is 5.75 Å². The Morgan fingerprint density at radius 2 is 1.60 bits per heavy atom. The molecule has 2 aliphatic carbocycles. The minimum Gasteiger partial charge on any atom is -0.507 e. The van der Waals surface area contributed by atoms with Crippen molar-refractivity contribution < 1.29 is 28.7 Å². The van der Waals surface area contributed by atoms with Gasteiger partial charge in [0.05, 0.1) is 28.9 Å². The molecule has 0 bridgehead atoms. The van der Waals surface area contributed by atoms with Gasteiger partial charge >= 0.3 is 0 Å². The summed E-state index contributed by atoms with van der Waals surface area (Å²) < 4.78 is 13.8. The number of phenols is 1. The van der Waals surface area contributed by atoms with Gasteiger partial charge in [-0.05, 0) is 94.0 Å². The maximum Gasteiger partial charge on any atom is 0.260 e. The predicted molar refractivity (Wildman–Crippen MR) is 173 cm³/mol. The molecule has 4 aliphatic rings. The third-order valence-electron chi connectivity index (χ3n) is 10.5. The minimum atomic E-state index is -1.55. The van der Waals surface area contributed by atoms with Crippen LogP contribution in [-0.4, -0.2) is 44.2 Å². The number of hydrogen-bond donors (Lipinski definition) is 2. The summed E-state index contributed by atoms with van der Waals surface area (Å²) in [5, 5.41) is 13.1. The van der Waals surface area contributed by atoms with Gasteiger partial charge in [0.15, 0.2) is 0 Å².